The molecule has 11 heteroatoms. The van der Waals surface area contributed by atoms with Crippen molar-refractivity contribution in [3.05, 3.63) is 39.9 Å². The van der Waals surface area contributed by atoms with Crippen LogP contribution in [0.3, 0.4) is 0 Å². The van der Waals surface area contributed by atoms with Crippen LogP contribution in [0.2, 0.25) is 0 Å². The lowest BCUT2D eigenvalue weighted by molar-refractivity contribution is 0.0694. The SMILES string of the molecule is CC(C)OC(=O)NC(=O)N1CCN(c2cc3c(cc2F)c(=O)c(C(=O)O)cn3C2CC2)CC1. The van der Waals surface area contributed by atoms with Gasteiger partial charge >= 0.3 is 18.1 Å². The molecular formula is C22H25FN4O6. The van der Waals surface area contributed by atoms with Crippen molar-refractivity contribution in [2.45, 2.75) is 38.8 Å². The second kappa shape index (κ2) is 8.72. The number of ether oxygens (including phenoxy) is 1. The minimum absolute atomic E-state index is 0.0322. The van der Waals surface area contributed by atoms with E-state index in [1.807, 2.05) is 0 Å². The third-order valence-corrected chi connectivity index (χ3v) is 5.73. The first-order chi connectivity index (χ1) is 15.7. The Morgan fingerprint density at radius 2 is 1.82 bits per heavy atom. The van der Waals surface area contributed by atoms with Crippen LogP contribution in [0.5, 0.6) is 0 Å². The number of nitrogens with one attached hydrogen (secondary N) is 1. The van der Waals surface area contributed by atoms with Gasteiger partial charge in [0.1, 0.15) is 11.4 Å². The Hall–Kier alpha value is -3.63. The van der Waals surface area contributed by atoms with Crippen LogP contribution in [0.25, 0.3) is 10.9 Å². The van der Waals surface area contributed by atoms with Gasteiger partial charge in [-0.2, -0.15) is 0 Å². The number of rotatable bonds is 4. The van der Waals surface area contributed by atoms with Crippen LogP contribution in [0.4, 0.5) is 19.7 Å². The van der Waals surface area contributed by atoms with Crippen molar-refractivity contribution in [3.8, 4) is 0 Å². The summed E-state index contributed by atoms with van der Waals surface area (Å²) >= 11 is 0. The molecule has 0 radical (unpaired) electrons. The minimum Gasteiger partial charge on any atom is -0.477 e. The average molecular weight is 460 g/mol. The van der Waals surface area contributed by atoms with Gasteiger partial charge in [0.2, 0.25) is 5.43 Å². The predicted octanol–water partition coefficient (Wildman–Crippen LogP) is 2.55. The van der Waals surface area contributed by atoms with E-state index >= 15 is 4.39 Å². The van der Waals surface area contributed by atoms with Crippen molar-refractivity contribution in [1.82, 2.24) is 14.8 Å². The molecule has 2 fully saturated rings. The standard InChI is InChI=1S/C22H25FN4O6/c1-12(2)33-22(32)24-21(31)26-7-5-25(6-8-26)18-10-17-14(9-16(18)23)19(28)15(20(29)30)11-27(17)13-3-4-13/h9-13H,3-8H2,1-2H3,(H,29,30)(H,24,31,32). The largest absolute Gasteiger partial charge is 0.477 e. The highest BCUT2D eigenvalue weighted by Gasteiger charge is 2.29. The van der Waals surface area contributed by atoms with Gasteiger partial charge in [0.05, 0.1) is 17.3 Å². The fourth-order valence-electron chi connectivity index (χ4n) is 3.97. The Bertz CT molecular complexity index is 1180. The zero-order valence-corrected chi connectivity index (χ0v) is 18.3. The van der Waals surface area contributed by atoms with Crippen molar-refractivity contribution in [1.29, 1.82) is 0 Å². The molecule has 2 N–H and O–H groups in total. The minimum atomic E-state index is -1.34. The number of imide groups is 1. The number of carbonyl (C=O) groups is 3. The van der Waals surface area contributed by atoms with Gasteiger partial charge in [0.25, 0.3) is 0 Å². The number of fused-ring (bicyclic) bond motifs is 1. The van der Waals surface area contributed by atoms with Crippen molar-refractivity contribution in [3.63, 3.8) is 0 Å². The third-order valence-electron chi connectivity index (χ3n) is 5.73. The Morgan fingerprint density at radius 1 is 1.15 bits per heavy atom. The molecular weight excluding hydrogens is 435 g/mol. The summed E-state index contributed by atoms with van der Waals surface area (Å²) in [5.74, 6) is -1.98. The molecule has 1 saturated carbocycles. The van der Waals surface area contributed by atoms with Crippen LogP contribution in [-0.4, -0.2) is 65.0 Å². The monoisotopic (exact) mass is 460 g/mol. The third kappa shape index (κ3) is 4.62. The summed E-state index contributed by atoms with van der Waals surface area (Å²) in [6, 6.07) is 2.17. The van der Waals surface area contributed by atoms with E-state index in [4.69, 9.17) is 4.74 Å². The smallest absolute Gasteiger partial charge is 0.415 e. The van der Waals surface area contributed by atoms with E-state index in [0.717, 1.165) is 18.9 Å². The van der Waals surface area contributed by atoms with Gasteiger partial charge in [-0.3, -0.25) is 4.79 Å². The van der Waals surface area contributed by atoms with Gasteiger partial charge in [-0.25, -0.2) is 24.1 Å². The number of carbonyl (C=O) groups excluding carboxylic acids is 2. The molecule has 176 valence electrons. The molecule has 3 amide bonds. The molecule has 0 bridgehead atoms. The summed E-state index contributed by atoms with van der Waals surface area (Å²) in [7, 11) is 0. The molecule has 0 spiro atoms. The Labute approximate surface area is 188 Å². The molecule has 4 rings (SSSR count). The normalized spacial score (nSPS) is 16.2. The zero-order valence-electron chi connectivity index (χ0n) is 18.3. The van der Waals surface area contributed by atoms with Gasteiger partial charge in [-0.05, 0) is 38.8 Å². The van der Waals surface area contributed by atoms with Crippen LogP contribution >= 0.6 is 0 Å². The number of alkyl carbamates (subject to hydrolysis) is 1. The molecule has 1 aromatic carbocycles. The average Bonchev–Trinajstić information content (AvgIpc) is 3.58. The van der Waals surface area contributed by atoms with Gasteiger partial charge < -0.3 is 24.2 Å². The van der Waals surface area contributed by atoms with Gasteiger partial charge in [0.15, 0.2) is 0 Å². The predicted molar refractivity (Wildman–Crippen MR) is 117 cm³/mol. The van der Waals surface area contributed by atoms with E-state index < -0.39 is 29.3 Å². The lowest BCUT2D eigenvalue weighted by Gasteiger charge is -2.36. The number of hydrogen-bond acceptors (Lipinski definition) is 6. The van der Waals surface area contributed by atoms with E-state index in [0.29, 0.717) is 18.6 Å². The number of aromatic carboxylic acids is 1. The first-order valence-electron chi connectivity index (χ1n) is 10.8. The zero-order chi connectivity index (χ0) is 23.9. The summed E-state index contributed by atoms with van der Waals surface area (Å²) < 4.78 is 21.7. The number of urea groups is 1. The number of pyridine rings is 1. The number of carboxylic acid groups (broad SMARTS) is 1. The highest BCUT2D eigenvalue weighted by Crippen LogP contribution is 2.38. The number of anilines is 1. The van der Waals surface area contributed by atoms with E-state index in [9.17, 15) is 24.3 Å². The Kier molecular flexibility index (Phi) is 5.96. The van der Waals surface area contributed by atoms with Gasteiger partial charge in [-0.1, -0.05) is 0 Å². The van der Waals surface area contributed by atoms with E-state index in [1.54, 1.807) is 29.4 Å². The molecule has 0 unspecified atom stereocenters. The van der Waals surface area contributed by atoms with E-state index in [-0.39, 0.29) is 41.9 Å². The van der Waals surface area contributed by atoms with Crippen molar-refractivity contribution in [2.24, 2.45) is 0 Å². The van der Waals surface area contributed by atoms with E-state index in [1.165, 1.54) is 11.1 Å². The highest BCUT2D eigenvalue weighted by atomic mass is 19.1. The van der Waals surface area contributed by atoms with Crippen LogP contribution in [0.1, 0.15) is 43.1 Å². The molecule has 33 heavy (non-hydrogen) atoms. The highest BCUT2D eigenvalue weighted by molar-refractivity contribution is 5.94. The van der Waals surface area contributed by atoms with Crippen LogP contribution < -0.4 is 15.6 Å². The topological polar surface area (TPSA) is 121 Å². The number of halogens is 1. The number of carboxylic acids is 1. The number of hydrogen-bond donors (Lipinski definition) is 2. The molecule has 1 aromatic heterocycles. The number of benzene rings is 1. The summed E-state index contributed by atoms with van der Waals surface area (Å²) in [6.45, 7) is 4.49. The second-order valence-corrected chi connectivity index (χ2v) is 8.49. The van der Waals surface area contributed by atoms with Crippen LogP contribution in [0, 0.1) is 5.82 Å². The summed E-state index contributed by atoms with van der Waals surface area (Å²) in [4.78, 5) is 51.2. The maximum Gasteiger partial charge on any atom is 0.415 e. The lowest BCUT2D eigenvalue weighted by Crippen LogP contribution is -2.53. The molecule has 1 aliphatic heterocycles. The van der Waals surface area contributed by atoms with Crippen LogP contribution in [-0.2, 0) is 4.74 Å². The fraction of sp³-hybridized carbons (Fsp3) is 0.455. The molecule has 2 heterocycles. The van der Waals surface area contributed by atoms with Crippen molar-refractivity contribution in [2.75, 3.05) is 31.1 Å². The first kappa shape index (κ1) is 22.6. The number of nitrogens with zero attached hydrogens (tertiary/aromatic N) is 3. The van der Waals surface area contributed by atoms with Crippen molar-refractivity contribution >= 4 is 34.7 Å². The fourth-order valence-corrected chi connectivity index (χ4v) is 3.97. The molecule has 2 aliphatic rings. The summed E-state index contributed by atoms with van der Waals surface area (Å²) in [5, 5.41) is 11.6. The molecule has 0 atom stereocenters. The van der Waals surface area contributed by atoms with Crippen molar-refractivity contribution < 1.29 is 28.6 Å². The number of aromatic nitrogens is 1. The van der Waals surface area contributed by atoms with E-state index in [2.05, 4.69) is 5.32 Å². The lowest BCUT2D eigenvalue weighted by atomic mass is 10.1. The second-order valence-electron chi connectivity index (χ2n) is 8.49. The Morgan fingerprint density at radius 3 is 2.39 bits per heavy atom. The quantitative estimate of drug-likeness (QED) is 0.719. The van der Waals surface area contributed by atoms with Gasteiger partial charge in [0, 0.05) is 43.8 Å². The maximum atomic E-state index is 15.0. The van der Waals surface area contributed by atoms with Gasteiger partial charge in [-0.15, -0.1) is 0 Å². The number of amides is 3. The van der Waals surface area contributed by atoms with Crippen LogP contribution in [0.15, 0.2) is 23.1 Å². The Balaban J connectivity index is 1.56. The molecule has 10 nitrogen and oxygen atoms in total. The maximum absolute atomic E-state index is 15.0. The molecule has 1 saturated heterocycles. The first-order valence-corrected chi connectivity index (χ1v) is 10.8. The molecule has 2 aromatic rings. The molecule has 1 aliphatic carbocycles. The summed E-state index contributed by atoms with van der Waals surface area (Å²) in [5.41, 5.74) is -0.328. The summed E-state index contributed by atoms with van der Waals surface area (Å²) in [6.07, 6.45) is 1.88. The number of piperazine rings is 1.